The van der Waals surface area contributed by atoms with Crippen molar-refractivity contribution in [2.45, 2.75) is 25.3 Å². The van der Waals surface area contributed by atoms with Crippen molar-refractivity contribution in [1.29, 1.82) is 0 Å². The zero-order chi connectivity index (χ0) is 16.8. The third-order valence-electron chi connectivity index (χ3n) is 3.84. The second-order valence-electron chi connectivity index (χ2n) is 5.40. The van der Waals surface area contributed by atoms with E-state index in [1.54, 1.807) is 29.2 Å². The maximum absolute atomic E-state index is 12.2. The van der Waals surface area contributed by atoms with Crippen molar-refractivity contribution in [2.75, 3.05) is 20.2 Å². The number of carbonyl (C=O) groups excluding carboxylic acids is 2. The van der Waals surface area contributed by atoms with Gasteiger partial charge in [0.15, 0.2) is 0 Å². The number of hydrogen-bond donors (Lipinski definition) is 2. The van der Waals surface area contributed by atoms with Gasteiger partial charge in [-0.2, -0.15) is 0 Å². The highest BCUT2D eigenvalue weighted by Crippen LogP contribution is 2.20. The molecule has 0 aromatic heterocycles. The summed E-state index contributed by atoms with van der Waals surface area (Å²) in [6.07, 6.45) is 1.41. The number of ether oxygens (including phenoxy) is 1. The molecule has 1 aliphatic heterocycles. The van der Waals surface area contributed by atoms with Crippen LogP contribution in [-0.2, 0) is 9.59 Å². The predicted octanol–water partition coefficient (Wildman–Crippen LogP) is 0.891. The number of nitrogens with zero attached hydrogens (tertiary/aromatic N) is 1. The minimum Gasteiger partial charge on any atom is -0.497 e. The van der Waals surface area contributed by atoms with Gasteiger partial charge in [-0.15, -0.1) is 0 Å². The van der Waals surface area contributed by atoms with Gasteiger partial charge >= 0.3 is 5.97 Å². The standard InChI is InChI=1S/C16H20N2O5/c1-23-13-6-2-4-11(8-13)16(22)17-10-14(19)18-7-3-5-12(18)9-15(20)21/h2,4,6,8,12H,3,5,7,9-10H2,1H3,(H,17,22)(H,20,21)/t12-/m1/s1. The van der Waals surface area contributed by atoms with Crippen LogP contribution in [0.4, 0.5) is 0 Å². The molecule has 0 aliphatic carbocycles. The molecule has 1 fully saturated rings. The quantitative estimate of drug-likeness (QED) is 0.811. The molecule has 1 aromatic rings. The highest BCUT2D eigenvalue weighted by molar-refractivity contribution is 5.96. The highest BCUT2D eigenvalue weighted by Gasteiger charge is 2.30. The molecule has 1 aliphatic rings. The number of carboxylic acid groups (broad SMARTS) is 1. The van der Waals surface area contributed by atoms with Gasteiger partial charge in [-0.1, -0.05) is 6.07 Å². The molecule has 0 radical (unpaired) electrons. The second kappa shape index (κ2) is 7.62. The van der Waals surface area contributed by atoms with E-state index in [4.69, 9.17) is 9.84 Å². The average Bonchev–Trinajstić information content (AvgIpc) is 2.99. The summed E-state index contributed by atoms with van der Waals surface area (Å²) >= 11 is 0. The lowest BCUT2D eigenvalue weighted by molar-refractivity contribution is -0.139. The number of carboxylic acids is 1. The van der Waals surface area contributed by atoms with E-state index in [0.717, 1.165) is 6.42 Å². The normalized spacial score (nSPS) is 16.9. The van der Waals surface area contributed by atoms with Crippen molar-refractivity contribution >= 4 is 17.8 Å². The first-order valence-corrected chi connectivity index (χ1v) is 7.44. The Morgan fingerprint density at radius 2 is 2.17 bits per heavy atom. The van der Waals surface area contributed by atoms with Gasteiger partial charge < -0.3 is 20.1 Å². The average molecular weight is 320 g/mol. The van der Waals surface area contributed by atoms with Gasteiger partial charge in [0.2, 0.25) is 5.91 Å². The van der Waals surface area contributed by atoms with Crippen LogP contribution in [0.1, 0.15) is 29.6 Å². The number of amides is 2. The van der Waals surface area contributed by atoms with E-state index in [2.05, 4.69) is 5.32 Å². The molecule has 7 nitrogen and oxygen atoms in total. The number of carbonyl (C=O) groups is 3. The Balaban J connectivity index is 1.90. The monoisotopic (exact) mass is 320 g/mol. The lowest BCUT2D eigenvalue weighted by atomic mass is 10.1. The minimum absolute atomic E-state index is 0.0599. The maximum Gasteiger partial charge on any atom is 0.305 e. The molecule has 2 rings (SSSR count). The van der Waals surface area contributed by atoms with E-state index in [0.29, 0.717) is 24.3 Å². The van der Waals surface area contributed by atoms with Gasteiger partial charge in [0, 0.05) is 18.2 Å². The van der Waals surface area contributed by atoms with Crippen molar-refractivity contribution in [3.63, 3.8) is 0 Å². The Hall–Kier alpha value is -2.57. The van der Waals surface area contributed by atoms with Crippen LogP contribution < -0.4 is 10.1 Å². The topological polar surface area (TPSA) is 95.9 Å². The maximum atomic E-state index is 12.2. The molecular weight excluding hydrogens is 300 g/mol. The molecule has 1 aromatic carbocycles. The van der Waals surface area contributed by atoms with Crippen LogP contribution in [-0.4, -0.2) is 54.0 Å². The first kappa shape index (κ1) is 16.8. The summed E-state index contributed by atoms with van der Waals surface area (Å²) in [7, 11) is 1.51. The SMILES string of the molecule is COc1cccc(C(=O)NCC(=O)N2CCC[C@@H]2CC(=O)O)c1. The van der Waals surface area contributed by atoms with Crippen LogP contribution in [0.5, 0.6) is 5.75 Å². The largest absolute Gasteiger partial charge is 0.497 e. The third kappa shape index (κ3) is 4.45. The van der Waals surface area contributed by atoms with E-state index in [-0.39, 0.29) is 30.8 Å². The summed E-state index contributed by atoms with van der Waals surface area (Å²) in [6.45, 7) is 0.387. The molecule has 1 saturated heterocycles. The zero-order valence-electron chi connectivity index (χ0n) is 12.9. The third-order valence-corrected chi connectivity index (χ3v) is 3.84. The summed E-state index contributed by atoms with van der Waals surface area (Å²) in [5.74, 6) is -0.989. The predicted molar refractivity (Wildman–Crippen MR) is 82.3 cm³/mol. The van der Waals surface area contributed by atoms with Crippen molar-refractivity contribution < 1.29 is 24.2 Å². The van der Waals surface area contributed by atoms with Crippen LogP contribution in [0.3, 0.4) is 0 Å². The number of aliphatic carboxylic acids is 1. The van der Waals surface area contributed by atoms with E-state index < -0.39 is 5.97 Å². The van der Waals surface area contributed by atoms with Gasteiger partial charge in [-0.25, -0.2) is 0 Å². The number of rotatable bonds is 6. The molecule has 0 bridgehead atoms. The van der Waals surface area contributed by atoms with Gasteiger partial charge in [0.05, 0.1) is 20.1 Å². The Morgan fingerprint density at radius 1 is 1.39 bits per heavy atom. The van der Waals surface area contributed by atoms with Gasteiger partial charge in [-0.05, 0) is 31.0 Å². The molecule has 1 heterocycles. The van der Waals surface area contributed by atoms with Gasteiger partial charge in [0.25, 0.3) is 5.91 Å². The lowest BCUT2D eigenvalue weighted by Gasteiger charge is -2.23. The second-order valence-corrected chi connectivity index (χ2v) is 5.40. The van der Waals surface area contributed by atoms with Crippen LogP contribution in [0.2, 0.25) is 0 Å². The molecule has 23 heavy (non-hydrogen) atoms. The number of benzene rings is 1. The highest BCUT2D eigenvalue weighted by atomic mass is 16.5. The summed E-state index contributed by atoms with van der Waals surface area (Å²) in [4.78, 5) is 36.6. The molecule has 124 valence electrons. The Labute approximate surface area is 134 Å². The summed E-state index contributed by atoms with van der Waals surface area (Å²) in [5, 5.41) is 11.4. The molecule has 0 saturated carbocycles. The number of nitrogens with one attached hydrogen (secondary N) is 1. The molecule has 2 N–H and O–H groups in total. The van der Waals surface area contributed by atoms with Crippen molar-refractivity contribution in [1.82, 2.24) is 10.2 Å². The molecule has 0 spiro atoms. The number of hydrogen-bond acceptors (Lipinski definition) is 4. The van der Waals surface area contributed by atoms with E-state index in [9.17, 15) is 14.4 Å². The Morgan fingerprint density at radius 3 is 2.87 bits per heavy atom. The fraction of sp³-hybridized carbons (Fsp3) is 0.438. The van der Waals surface area contributed by atoms with Crippen LogP contribution in [0, 0.1) is 0 Å². The minimum atomic E-state index is -0.921. The lowest BCUT2D eigenvalue weighted by Crippen LogP contribution is -2.43. The van der Waals surface area contributed by atoms with Crippen LogP contribution in [0.15, 0.2) is 24.3 Å². The van der Waals surface area contributed by atoms with Crippen molar-refractivity contribution in [2.24, 2.45) is 0 Å². The Bertz CT molecular complexity index is 602. The smallest absolute Gasteiger partial charge is 0.305 e. The van der Waals surface area contributed by atoms with Crippen molar-refractivity contribution in [3.05, 3.63) is 29.8 Å². The fourth-order valence-electron chi connectivity index (χ4n) is 2.70. The zero-order valence-corrected chi connectivity index (χ0v) is 12.9. The van der Waals surface area contributed by atoms with Crippen molar-refractivity contribution in [3.8, 4) is 5.75 Å². The van der Waals surface area contributed by atoms with Gasteiger partial charge in [0.1, 0.15) is 5.75 Å². The molecule has 0 unspecified atom stereocenters. The number of methoxy groups -OCH3 is 1. The molecule has 7 heteroatoms. The number of likely N-dealkylation sites (tertiary alicyclic amines) is 1. The summed E-state index contributed by atoms with van der Waals surface area (Å²) in [5.41, 5.74) is 0.403. The summed E-state index contributed by atoms with van der Waals surface area (Å²) < 4.78 is 5.05. The van der Waals surface area contributed by atoms with E-state index >= 15 is 0 Å². The van der Waals surface area contributed by atoms with E-state index in [1.807, 2.05) is 0 Å². The molecular formula is C16H20N2O5. The van der Waals surface area contributed by atoms with Crippen LogP contribution >= 0.6 is 0 Å². The molecule has 2 amide bonds. The van der Waals surface area contributed by atoms with Gasteiger partial charge in [-0.3, -0.25) is 14.4 Å². The first-order valence-electron chi connectivity index (χ1n) is 7.44. The fourth-order valence-corrected chi connectivity index (χ4v) is 2.70. The van der Waals surface area contributed by atoms with E-state index in [1.165, 1.54) is 7.11 Å². The summed E-state index contributed by atoms with van der Waals surface area (Å²) in [6, 6.07) is 6.35. The van der Waals surface area contributed by atoms with Crippen LogP contribution in [0.25, 0.3) is 0 Å². The Kier molecular flexibility index (Phi) is 5.56. The first-order chi connectivity index (χ1) is 11.0. The molecule has 1 atom stereocenters.